The fraction of sp³-hybridized carbons (Fsp3) is 0.143. The molecule has 0 radical (unpaired) electrons. The molecule has 4 nitrogen and oxygen atoms in total. The molecule has 1 heterocycles. The highest BCUT2D eigenvalue weighted by atomic mass is 32.1. The zero-order chi connectivity index (χ0) is 13.7. The van der Waals surface area contributed by atoms with Crippen LogP contribution in [0, 0.1) is 0 Å². The molecule has 0 saturated carbocycles. The molecule has 5 heteroatoms. The van der Waals surface area contributed by atoms with Gasteiger partial charge in [0.1, 0.15) is 0 Å². The lowest BCUT2D eigenvalue weighted by atomic mass is 10.2. The number of carbonyl (C=O) groups excluding carboxylic acids is 2. The maximum absolute atomic E-state index is 11.8. The number of thiophene rings is 1. The minimum Gasteiger partial charge on any atom is -0.326 e. The molecule has 0 saturated heterocycles. The van der Waals surface area contributed by atoms with E-state index in [1.165, 1.54) is 6.92 Å². The van der Waals surface area contributed by atoms with Gasteiger partial charge in [-0.2, -0.15) is 0 Å². The molecule has 2 aromatic rings. The molecule has 2 rings (SSSR count). The summed E-state index contributed by atoms with van der Waals surface area (Å²) in [7, 11) is 0. The van der Waals surface area contributed by atoms with Gasteiger partial charge in [-0.1, -0.05) is 6.07 Å². The second-order valence-corrected chi connectivity index (χ2v) is 5.10. The molecule has 0 spiro atoms. The third-order valence-electron chi connectivity index (χ3n) is 2.40. The maximum atomic E-state index is 11.8. The van der Waals surface area contributed by atoms with Gasteiger partial charge < -0.3 is 10.6 Å². The zero-order valence-electron chi connectivity index (χ0n) is 10.5. The van der Waals surface area contributed by atoms with E-state index in [4.69, 9.17) is 0 Å². The van der Waals surface area contributed by atoms with E-state index in [0.29, 0.717) is 12.1 Å². The number of carbonyl (C=O) groups is 2. The summed E-state index contributed by atoms with van der Waals surface area (Å²) in [6.07, 6.45) is 0.380. The van der Waals surface area contributed by atoms with Gasteiger partial charge in [-0.3, -0.25) is 9.59 Å². The van der Waals surface area contributed by atoms with Crippen LogP contribution in [-0.4, -0.2) is 11.8 Å². The Balaban J connectivity index is 1.92. The van der Waals surface area contributed by atoms with E-state index in [2.05, 4.69) is 10.6 Å². The van der Waals surface area contributed by atoms with Crippen molar-refractivity contribution >= 4 is 34.5 Å². The van der Waals surface area contributed by atoms with Crippen LogP contribution in [0.25, 0.3) is 0 Å². The van der Waals surface area contributed by atoms with Gasteiger partial charge in [-0.15, -0.1) is 11.3 Å². The molecule has 0 fully saturated rings. The first-order chi connectivity index (χ1) is 9.13. The predicted octanol–water partition coefficient (Wildman–Crippen LogP) is 2.89. The van der Waals surface area contributed by atoms with Crippen molar-refractivity contribution in [1.82, 2.24) is 0 Å². The highest BCUT2D eigenvalue weighted by Crippen LogP contribution is 2.15. The van der Waals surface area contributed by atoms with Gasteiger partial charge in [0.2, 0.25) is 11.8 Å². The minimum atomic E-state index is -0.116. The van der Waals surface area contributed by atoms with Crippen molar-refractivity contribution in [3.05, 3.63) is 46.7 Å². The second kappa shape index (κ2) is 6.15. The first-order valence-corrected chi connectivity index (χ1v) is 6.71. The molecule has 1 aromatic heterocycles. The summed E-state index contributed by atoms with van der Waals surface area (Å²) in [6, 6.07) is 10.9. The molecule has 1 aromatic carbocycles. The number of nitrogens with one attached hydrogen (secondary N) is 2. The van der Waals surface area contributed by atoms with E-state index in [1.807, 2.05) is 17.5 Å². The van der Waals surface area contributed by atoms with Crippen LogP contribution in [0.2, 0.25) is 0 Å². The van der Waals surface area contributed by atoms with Crippen molar-refractivity contribution in [1.29, 1.82) is 0 Å². The monoisotopic (exact) mass is 274 g/mol. The van der Waals surface area contributed by atoms with Crippen molar-refractivity contribution < 1.29 is 9.59 Å². The summed E-state index contributed by atoms with van der Waals surface area (Å²) in [4.78, 5) is 23.7. The Morgan fingerprint density at radius 1 is 1.05 bits per heavy atom. The fourth-order valence-electron chi connectivity index (χ4n) is 1.62. The smallest absolute Gasteiger partial charge is 0.229 e. The normalized spacial score (nSPS) is 9.95. The van der Waals surface area contributed by atoms with Gasteiger partial charge in [-0.05, 0) is 35.7 Å². The van der Waals surface area contributed by atoms with Crippen molar-refractivity contribution in [2.24, 2.45) is 0 Å². The number of anilines is 2. The Labute approximate surface area is 115 Å². The third kappa shape index (κ3) is 4.22. The van der Waals surface area contributed by atoms with E-state index < -0.39 is 0 Å². The number of rotatable bonds is 4. The Kier molecular flexibility index (Phi) is 4.30. The van der Waals surface area contributed by atoms with Gasteiger partial charge in [0.05, 0.1) is 6.42 Å². The van der Waals surface area contributed by atoms with Gasteiger partial charge in [0, 0.05) is 23.2 Å². The Bertz CT molecular complexity index is 562. The van der Waals surface area contributed by atoms with Crippen LogP contribution in [0.5, 0.6) is 0 Å². The van der Waals surface area contributed by atoms with Crippen LogP contribution in [0.4, 0.5) is 11.4 Å². The molecule has 0 aliphatic rings. The summed E-state index contributed by atoms with van der Waals surface area (Å²) in [6.45, 7) is 1.46. The van der Waals surface area contributed by atoms with Crippen LogP contribution in [0.1, 0.15) is 11.8 Å². The number of benzene rings is 1. The van der Waals surface area contributed by atoms with Crippen LogP contribution in [-0.2, 0) is 16.0 Å². The summed E-state index contributed by atoms with van der Waals surface area (Å²) in [5.41, 5.74) is 1.43. The minimum absolute atomic E-state index is 0.0465. The average Bonchev–Trinajstić information content (AvgIpc) is 2.83. The van der Waals surface area contributed by atoms with E-state index in [0.717, 1.165) is 10.6 Å². The SMILES string of the molecule is CC(=O)Nc1ccc(NC(=O)Cc2cccs2)cc1. The van der Waals surface area contributed by atoms with Crippen molar-refractivity contribution in [2.45, 2.75) is 13.3 Å². The Hall–Kier alpha value is -2.14. The average molecular weight is 274 g/mol. The van der Waals surface area contributed by atoms with Gasteiger partial charge in [0.25, 0.3) is 0 Å². The van der Waals surface area contributed by atoms with E-state index in [-0.39, 0.29) is 11.8 Å². The Morgan fingerprint density at radius 3 is 2.21 bits per heavy atom. The highest BCUT2D eigenvalue weighted by Gasteiger charge is 2.05. The summed E-state index contributed by atoms with van der Waals surface area (Å²) >= 11 is 1.56. The predicted molar refractivity (Wildman–Crippen MR) is 77.4 cm³/mol. The van der Waals surface area contributed by atoms with Crippen molar-refractivity contribution in [3.8, 4) is 0 Å². The lowest BCUT2D eigenvalue weighted by Crippen LogP contribution is -2.13. The molecular weight excluding hydrogens is 260 g/mol. The number of hydrogen-bond donors (Lipinski definition) is 2. The number of hydrogen-bond acceptors (Lipinski definition) is 3. The molecule has 0 bridgehead atoms. The summed E-state index contributed by atoms with van der Waals surface area (Å²) in [5.74, 6) is -0.163. The van der Waals surface area contributed by atoms with Crippen molar-refractivity contribution in [2.75, 3.05) is 10.6 Å². The van der Waals surface area contributed by atoms with Gasteiger partial charge in [0.15, 0.2) is 0 Å². The molecule has 2 N–H and O–H groups in total. The molecular formula is C14H14N2O2S. The zero-order valence-corrected chi connectivity index (χ0v) is 11.3. The van der Waals surface area contributed by atoms with Crippen molar-refractivity contribution in [3.63, 3.8) is 0 Å². The quantitative estimate of drug-likeness (QED) is 0.900. The highest BCUT2D eigenvalue weighted by molar-refractivity contribution is 7.10. The molecule has 2 amide bonds. The van der Waals surface area contributed by atoms with E-state index in [1.54, 1.807) is 35.6 Å². The standard InChI is InChI=1S/C14H14N2O2S/c1-10(17)15-11-4-6-12(7-5-11)16-14(18)9-13-3-2-8-19-13/h2-8H,9H2,1H3,(H,15,17)(H,16,18). The molecule has 0 atom stereocenters. The second-order valence-electron chi connectivity index (χ2n) is 4.06. The largest absolute Gasteiger partial charge is 0.326 e. The van der Waals surface area contributed by atoms with Crippen LogP contribution >= 0.6 is 11.3 Å². The van der Waals surface area contributed by atoms with E-state index in [9.17, 15) is 9.59 Å². The topological polar surface area (TPSA) is 58.2 Å². The van der Waals surface area contributed by atoms with Crippen LogP contribution in [0.3, 0.4) is 0 Å². The molecule has 0 aliphatic carbocycles. The summed E-state index contributed by atoms with van der Waals surface area (Å²) in [5, 5.41) is 7.44. The lowest BCUT2D eigenvalue weighted by Gasteiger charge is -2.06. The first-order valence-electron chi connectivity index (χ1n) is 5.83. The summed E-state index contributed by atoms with van der Waals surface area (Å²) < 4.78 is 0. The van der Waals surface area contributed by atoms with Crippen LogP contribution in [0.15, 0.2) is 41.8 Å². The fourth-order valence-corrected chi connectivity index (χ4v) is 2.32. The maximum Gasteiger partial charge on any atom is 0.229 e. The van der Waals surface area contributed by atoms with Gasteiger partial charge in [-0.25, -0.2) is 0 Å². The lowest BCUT2D eigenvalue weighted by molar-refractivity contribution is -0.116. The molecule has 0 aliphatic heterocycles. The van der Waals surface area contributed by atoms with E-state index >= 15 is 0 Å². The molecule has 98 valence electrons. The molecule has 19 heavy (non-hydrogen) atoms. The van der Waals surface area contributed by atoms with Gasteiger partial charge >= 0.3 is 0 Å². The van der Waals surface area contributed by atoms with Crippen LogP contribution < -0.4 is 10.6 Å². The third-order valence-corrected chi connectivity index (χ3v) is 3.28. The number of amides is 2. The molecule has 0 unspecified atom stereocenters. The first kappa shape index (κ1) is 13.3. The Morgan fingerprint density at radius 2 is 1.68 bits per heavy atom.